The number of aromatic nitrogens is 2. The van der Waals surface area contributed by atoms with Crippen molar-refractivity contribution in [3.8, 4) is 17.2 Å². The Morgan fingerprint density at radius 1 is 1.11 bits per heavy atom. The van der Waals surface area contributed by atoms with Crippen molar-refractivity contribution in [1.82, 2.24) is 14.9 Å². The van der Waals surface area contributed by atoms with E-state index >= 15 is 0 Å². The predicted molar refractivity (Wildman–Crippen MR) is 108 cm³/mol. The summed E-state index contributed by atoms with van der Waals surface area (Å²) in [6, 6.07) is 15.2. The van der Waals surface area contributed by atoms with Crippen LogP contribution in [0.3, 0.4) is 0 Å². The maximum absolute atomic E-state index is 12.5. The van der Waals surface area contributed by atoms with Gasteiger partial charge in [0.1, 0.15) is 17.3 Å². The third kappa shape index (κ3) is 4.71. The van der Waals surface area contributed by atoms with E-state index in [0.29, 0.717) is 18.7 Å². The second kappa shape index (κ2) is 9.08. The van der Waals surface area contributed by atoms with Gasteiger partial charge in [0.05, 0.1) is 7.11 Å². The number of rotatable bonds is 8. The lowest BCUT2D eigenvalue weighted by Gasteiger charge is -2.17. The summed E-state index contributed by atoms with van der Waals surface area (Å²) in [5, 5.41) is 2.95. The van der Waals surface area contributed by atoms with Crippen molar-refractivity contribution in [2.24, 2.45) is 0 Å². The molecule has 0 fully saturated rings. The molecule has 0 aliphatic heterocycles. The van der Waals surface area contributed by atoms with Crippen molar-refractivity contribution in [2.75, 3.05) is 7.11 Å². The maximum Gasteiger partial charge on any atom is 0.261 e. The van der Waals surface area contributed by atoms with Crippen LogP contribution in [-0.2, 0) is 11.3 Å². The summed E-state index contributed by atoms with van der Waals surface area (Å²) in [4.78, 5) is 16.7. The minimum absolute atomic E-state index is 0.132. The van der Waals surface area contributed by atoms with E-state index in [9.17, 15) is 4.79 Å². The van der Waals surface area contributed by atoms with Gasteiger partial charge in [-0.1, -0.05) is 19.1 Å². The highest BCUT2D eigenvalue weighted by Crippen LogP contribution is 2.19. The van der Waals surface area contributed by atoms with Crippen LogP contribution in [-0.4, -0.2) is 28.7 Å². The van der Waals surface area contributed by atoms with E-state index in [4.69, 9.17) is 9.47 Å². The zero-order valence-electron chi connectivity index (χ0n) is 16.4. The van der Waals surface area contributed by atoms with Gasteiger partial charge in [-0.2, -0.15) is 0 Å². The lowest BCUT2D eigenvalue weighted by atomic mass is 10.2. The number of nitrogens with zero attached hydrogens (tertiary/aromatic N) is 2. The summed E-state index contributed by atoms with van der Waals surface area (Å²) in [5.41, 5.74) is 2.06. The van der Waals surface area contributed by atoms with E-state index in [1.807, 2.05) is 61.0 Å². The third-order valence-electron chi connectivity index (χ3n) is 4.51. The molecule has 1 amide bonds. The van der Waals surface area contributed by atoms with Crippen LogP contribution in [0.5, 0.6) is 11.5 Å². The Kier molecular flexibility index (Phi) is 6.32. The molecule has 0 bridgehead atoms. The third-order valence-corrected chi connectivity index (χ3v) is 4.51. The second-order valence-corrected chi connectivity index (χ2v) is 6.42. The van der Waals surface area contributed by atoms with Gasteiger partial charge >= 0.3 is 0 Å². The molecule has 0 spiro atoms. The van der Waals surface area contributed by atoms with Crippen LogP contribution in [0, 0.1) is 6.92 Å². The summed E-state index contributed by atoms with van der Waals surface area (Å²) in [7, 11) is 1.61. The largest absolute Gasteiger partial charge is 0.497 e. The molecule has 3 aromatic rings. The molecule has 3 rings (SSSR count). The fraction of sp³-hybridized carbons (Fsp3) is 0.273. The van der Waals surface area contributed by atoms with Gasteiger partial charge in [-0.3, -0.25) is 4.79 Å². The zero-order chi connectivity index (χ0) is 19.9. The fourth-order valence-corrected chi connectivity index (χ4v) is 2.87. The number of amides is 1. The zero-order valence-corrected chi connectivity index (χ0v) is 16.4. The molecule has 0 saturated carbocycles. The lowest BCUT2D eigenvalue weighted by Crippen LogP contribution is -2.37. The first-order chi connectivity index (χ1) is 13.6. The molecule has 1 N–H and O–H groups in total. The highest BCUT2D eigenvalue weighted by atomic mass is 16.5. The molecule has 146 valence electrons. The average Bonchev–Trinajstić information content (AvgIpc) is 3.17. The van der Waals surface area contributed by atoms with Gasteiger partial charge in [-0.25, -0.2) is 4.98 Å². The molecule has 1 aromatic heterocycles. The first kappa shape index (κ1) is 19.5. The molecule has 0 unspecified atom stereocenters. The smallest absolute Gasteiger partial charge is 0.261 e. The van der Waals surface area contributed by atoms with E-state index in [1.54, 1.807) is 25.4 Å². The molecule has 6 nitrogen and oxygen atoms in total. The van der Waals surface area contributed by atoms with Gasteiger partial charge in [-0.15, -0.1) is 0 Å². The highest BCUT2D eigenvalue weighted by molar-refractivity contribution is 5.81. The average molecular weight is 379 g/mol. The number of hydrogen-bond donors (Lipinski definition) is 1. The minimum atomic E-state index is -0.540. The molecule has 1 atom stereocenters. The van der Waals surface area contributed by atoms with Crippen molar-refractivity contribution < 1.29 is 14.3 Å². The number of carbonyl (C=O) groups is 1. The van der Waals surface area contributed by atoms with Crippen molar-refractivity contribution in [1.29, 1.82) is 0 Å². The predicted octanol–water partition coefficient (Wildman–Crippen LogP) is 3.66. The number of ether oxygens (including phenoxy) is 2. The summed E-state index contributed by atoms with van der Waals surface area (Å²) in [5.74, 6) is 2.19. The molecule has 0 saturated heterocycles. The number of aryl methyl sites for hydroxylation is 1. The molecular formula is C22H25N3O3. The van der Waals surface area contributed by atoms with Crippen LogP contribution in [0.2, 0.25) is 0 Å². The Bertz CT molecular complexity index is 902. The van der Waals surface area contributed by atoms with E-state index < -0.39 is 6.10 Å². The first-order valence-corrected chi connectivity index (χ1v) is 9.28. The Morgan fingerprint density at radius 2 is 1.79 bits per heavy atom. The summed E-state index contributed by atoms with van der Waals surface area (Å²) >= 11 is 0. The number of hydrogen-bond acceptors (Lipinski definition) is 4. The maximum atomic E-state index is 12.5. The van der Waals surface area contributed by atoms with Crippen LogP contribution >= 0.6 is 0 Å². The lowest BCUT2D eigenvalue weighted by molar-refractivity contribution is -0.128. The minimum Gasteiger partial charge on any atom is -0.497 e. The molecule has 28 heavy (non-hydrogen) atoms. The molecule has 0 aliphatic carbocycles. The first-order valence-electron chi connectivity index (χ1n) is 9.28. The van der Waals surface area contributed by atoms with Gasteiger partial charge in [0, 0.05) is 24.6 Å². The Morgan fingerprint density at radius 3 is 2.36 bits per heavy atom. The van der Waals surface area contributed by atoms with E-state index in [0.717, 1.165) is 22.8 Å². The summed E-state index contributed by atoms with van der Waals surface area (Å²) in [6.45, 7) is 4.34. The second-order valence-electron chi connectivity index (χ2n) is 6.42. The van der Waals surface area contributed by atoms with Gasteiger partial charge in [0.15, 0.2) is 6.10 Å². The van der Waals surface area contributed by atoms with Gasteiger partial charge in [-0.05, 0) is 55.3 Å². The Hall–Kier alpha value is -3.28. The number of carbonyl (C=O) groups excluding carboxylic acids is 1. The van der Waals surface area contributed by atoms with E-state index in [-0.39, 0.29) is 5.91 Å². The Balaban J connectivity index is 1.56. The monoisotopic (exact) mass is 379 g/mol. The molecule has 2 aromatic carbocycles. The van der Waals surface area contributed by atoms with E-state index in [1.165, 1.54) is 0 Å². The topological polar surface area (TPSA) is 65.4 Å². The van der Waals surface area contributed by atoms with Crippen LogP contribution in [0.1, 0.15) is 24.7 Å². The summed E-state index contributed by atoms with van der Waals surface area (Å²) in [6.07, 6.45) is 3.74. The van der Waals surface area contributed by atoms with Crippen LogP contribution in [0.15, 0.2) is 60.9 Å². The van der Waals surface area contributed by atoms with Crippen molar-refractivity contribution in [3.63, 3.8) is 0 Å². The van der Waals surface area contributed by atoms with Crippen molar-refractivity contribution in [3.05, 3.63) is 72.3 Å². The van der Waals surface area contributed by atoms with Gasteiger partial charge in [0.25, 0.3) is 5.91 Å². The summed E-state index contributed by atoms with van der Waals surface area (Å²) < 4.78 is 13.0. The molecular weight excluding hydrogens is 354 g/mol. The van der Waals surface area contributed by atoms with Crippen LogP contribution in [0.25, 0.3) is 5.69 Å². The van der Waals surface area contributed by atoms with Crippen molar-refractivity contribution in [2.45, 2.75) is 32.9 Å². The number of nitrogens with one attached hydrogen (secondary N) is 1. The molecule has 1 heterocycles. The molecule has 0 radical (unpaired) electrons. The number of benzene rings is 2. The van der Waals surface area contributed by atoms with Crippen molar-refractivity contribution >= 4 is 5.91 Å². The Labute approximate surface area is 165 Å². The van der Waals surface area contributed by atoms with Crippen LogP contribution < -0.4 is 14.8 Å². The quantitative estimate of drug-likeness (QED) is 0.649. The van der Waals surface area contributed by atoms with Gasteiger partial charge in [0.2, 0.25) is 0 Å². The van der Waals surface area contributed by atoms with Crippen LogP contribution in [0.4, 0.5) is 0 Å². The molecule has 6 heteroatoms. The number of imidazole rings is 1. The standard InChI is InChI=1S/C22H25N3O3/c1-4-21(28-20-11-9-19(27-3)10-12-20)22(26)24-15-17-5-7-18(8-6-17)25-14-13-23-16(25)2/h5-14,21H,4,15H2,1-3H3,(H,24,26)/t21-/m0/s1. The fourth-order valence-electron chi connectivity index (χ4n) is 2.87. The van der Waals surface area contributed by atoms with Gasteiger partial charge < -0.3 is 19.4 Å². The van der Waals surface area contributed by atoms with E-state index in [2.05, 4.69) is 10.3 Å². The SMILES string of the molecule is CC[C@H](Oc1ccc(OC)cc1)C(=O)NCc1ccc(-n2ccnc2C)cc1. The normalized spacial score (nSPS) is 11.7. The highest BCUT2D eigenvalue weighted by Gasteiger charge is 2.18. The number of methoxy groups -OCH3 is 1. The molecule has 0 aliphatic rings.